The van der Waals surface area contributed by atoms with Gasteiger partial charge >= 0.3 is 0 Å². The van der Waals surface area contributed by atoms with Gasteiger partial charge in [0.15, 0.2) is 0 Å². The number of hydrogen-bond acceptors (Lipinski definition) is 4. The summed E-state index contributed by atoms with van der Waals surface area (Å²) in [5.74, 6) is -0.110. The van der Waals surface area contributed by atoms with E-state index in [1.807, 2.05) is 0 Å². The van der Waals surface area contributed by atoms with Crippen LogP contribution in [0.5, 0.6) is 0 Å². The van der Waals surface area contributed by atoms with E-state index < -0.39 is 5.60 Å². The number of carbonyl (C=O) groups excluding carboxylic acids is 1. The number of amides is 1. The lowest BCUT2D eigenvalue weighted by Crippen LogP contribution is -2.42. The number of rotatable bonds is 3. The van der Waals surface area contributed by atoms with Gasteiger partial charge in [0.05, 0.1) is 11.1 Å². The van der Waals surface area contributed by atoms with Crippen molar-refractivity contribution in [1.82, 2.24) is 9.88 Å². The summed E-state index contributed by atoms with van der Waals surface area (Å²) in [5.41, 5.74) is 1.43. The molecule has 88 valence electrons. The first-order valence-corrected chi connectivity index (χ1v) is 6.41. The molecule has 1 aliphatic rings. The molecule has 1 amide bonds. The summed E-state index contributed by atoms with van der Waals surface area (Å²) >= 11 is 1.41. The van der Waals surface area contributed by atoms with E-state index in [-0.39, 0.29) is 5.91 Å². The molecule has 0 radical (unpaired) electrons. The molecule has 0 saturated heterocycles. The van der Waals surface area contributed by atoms with E-state index in [1.54, 1.807) is 22.8 Å². The number of thiazole rings is 1. The molecule has 1 aromatic rings. The van der Waals surface area contributed by atoms with Gasteiger partial charge in [0.1, 0.15) is 5.69 Å². The fourth-order valence-corrected chi connectivity index (χ4v) is 2.74. The van der Waals surface area contributed by atoms with Crippen LogP contribution in [0.15, 0.2) is 10.9 Å². The average Bonchev–Trinajstić information content (AvgIpc) is 2.87. The van der Waals surface area contributed by atoms with Crippen LogP contribution in [0.4, 0.5) is 0 Å². The number of carbonyl (C=O) groups is 1. The van der Waals surface area contributed by atoms with Gasteiger partial charge < -0.3 is 10.0 Å². The molecule has 0 atom stereocenters. The van der Waals surface area contributed by atoms with Crippen LogP contribution in [0.3, 0.4) is 0 Å². The summed E-state index contributed by atoms with van der Waals surface area (Å²) in [6, 6.07) is 0. The summed E-state index contributed by atoms with van der Waals surface area (Å²) in [6.07, 6.45) is 3.69. The van der Waals surface area contributed by atoms with Gasteiger partial charge in [-0.05, 0) is 12.8 Å². The molecule has 1 aromatic heterocycles. The number of aromatic nitrogens is 1. The number of aliphatic hydroxyl groups is 1. The SMILES string of the molecule is CN(CC1(O)CCCC1)C(=O)c1cscn1. The normalized spacial score (nSPS) is 18.6. The summed E-state index contributed by atoms with van der Waals surface area (Å²) in [6.45, 7) is 0.406. The summed E-state index contributed by atoms with van der Waals surface area (Å²) < 4.78 is 0. The molecule has 1 heterocycles. The molecular formula is C11H16N2O2S. The highest BCUT2D eigenvalue weighted by molar-refractivity contribution is 7.07. The van der Waals surface area contributed by atoms with E-state index in [0.717, 1.165) is 25.7 Å². The molecule has 1 aliphatic carbocycles. The van der Waals surface area contributed by atoms with Gasteiger partial charge in [-0.2, -0.15) is 0 Å². The molecule has 2 rings (SSSR count). The third-order valence-electron chi connectivity index (χ3n) is 3.06. The highest BCUT2D eigenvalue weighted by Gasteiger charge is 2.33. The maximum absolute atomic E-state index is 11.9. The van der Waals surface area contributed by atoms with Crippen LogP contribution in [0, 0.1) is 0 Å². The van der Waals surface area contributed by atoms with Crippen molar-refractivity contribution < 1.29 is 9.90 Å². The molecule has 0 spiro atoms. The third kappa shape index (κ3) is 2.41. The van der Waals surface area contributed by atoms with Crippen molar-refractivity contribution in [2.45, 2.75) is 31.3 Å². The molecule has 0 aliphatic heterocycles. The van der Waals surface area contributed by atoms with Crippen LogP contribution in [-0.2, 0) is 0 Å². The Bertz CT molecular complexity index is 358. The molecule has 0 bridgehead atoms. The van der Waals surface area contributed by atoms with E-state index in [4.69, 9.17) is 0 Å². The molecule has 5 heteroatoms. The van der Waals surface area contributed by atoms with E-state index in [2.05, 4.69) is 4.98 Å². The first kappa shape index (κ1) is 11.5. The lowest BCUT2D eigenvalue weighted by Gasteiger charge is -2.28. The fraction of sp³-hybridized carbons (Fsp3) is 0.636. The highest BCUT2D eigenvalue weighted by atomic mass is 32.1. The minimum atomic E-state index is -0.680. The summed E-state index contributed by atoms with van der Waals surface area (Å²) in [4.78, 5) is 17.4. The van der Waals surface area contributed by atoms with Crippen molar-refractivity contribution in [1.29, 1.82) is 0 Å². The fourth-order valence-electron chi connectivity index (χ4n) is 2.22. The molecular weight excluding hydrogens is 224 g/mol. The van der Waals surface area contributed by atoms with Gasteiger partial charge in [-0.3, -0.25) is 4.79 Å². The first-order chi connectivity index (χ1) is 7.61. The molecule has 1 saturated carbocycles. The molecule has 4 nitrogen and oxygen atoms in total. The maximum atomic E-state index is 11.9. The largest absolute Gasteiger partial charge is 0.388 e. The van der Waals surface area contributed by atoms with Crippen LogP contribution >= 0.6 is 11.3 Å². The van der Waals surface area contributed by atoms with Crippen molar-refractivity contribution in [3.8, 4) is 0 Å². The van der Waals surface area contributed by atoms with Crippen LogP contribution in [0.2, 0.25) is 0 Å². The first-order valence-electron chi connectivity index (χ1n) is 5.47. The maximum Gasteiger partial charge on any atom is 0.273 e. The van der Waals surface area contributed by atoms with E-state index in [0.29, 0.717) is 12.2 Å². The Kier molecular flexibility index (Phi) is 3.25. The number of hydrogen-bond donors (Lipinski definition) is 1. The second kappa shape index (κ2) is 4.51. The second-order valence-electron chi connectivity index (χ2n) is 4.47. The zero-order valence-electron chi connectivity index (χ0n) is 9.35. The van der Waals surface area contributed by atoms with Gasteiger partial charge in [-0.15, -0.1) is 11.3 Å². The van der Waals surface area contributed by atoms with Crippen molar-refractivity contribution in [2.75, 3.05) is 13.6 Å². The van der Waals surface area contributed by atoms with Crippen LogP contribution in [-0.4, -0.2) is 40.1 Å². The van der Waals surface area contributed by atoms with Gasteiger partial charge in [0.25, 0.3) is 5.91 Å². The Labute approximate surface area is 98.9 Å². The van der Waals surface area contributed by atoms with Crippen LogP contribution < -0.4 is 0 Å². The minimum Gasteiger partial charge on any atom is -0.388 e. The second-order valence-corrected chi connectivity index (χ2v) is 5.19. The van der Waals surface area contributed by atoms with E-state index >= 15 is 0 Å². The van der Waals surface area contributed by atoms with Gasteiger partial charge in [-0.1, -0.05) is 12.8 Å². The van der Waals surface area contributed by atoms with Crippen molar-refractivity contribution in [3.63, 3.8) is 0 Å². The monoisotopic (exact) mass is 240 g/mol. The lowest BCUT2D eigenvalue weighted by molar-refractivity contribution is 0.0155. The van der Waals surface area contributed by atoms with Crippen molar-refractivity contribution in [2.24, 2.45) is 0 Å². The van der Waals surface area contributed by atoms with Crippen molar-refractivity contribution in [3.05, 3.63) is 16.6 Å². The minimum absolute atomic E-state index is 0.110. The standard InChI is InChI=1S/C11H16N2O2S/c1-13(7-11(15)4-2-3-5-11)10(14)9-6-16-8-12-9/h6,8,15H,2-5,7H2,1H3. The van der Waals surface area contributed by atoms with Gasteiger partial charge in [0, 0.05) is 19.0 Å². The quantitative estimate of drug-likeness (QED) is 0.871. The average molecular weight is 240 g/mol. The Morgan fingerprint density at radius 3 is 2.88 bits per heavy atom. The Morgan fingerprint density at radius 2 is 2.31 bits per heavy atom. The van der Waals surface area contributed by atoms with Gasteiger partial charge in [-0.25, -0.2) is 4.98 Å². The third-order valence-corrected chi connectivity index (χ3v) is 3.65. The molecule has 0 unspecified atom stereocenters. The lowest BCUT2D eigenvalue weighted by atomic mass is 10.0. The Hall–Kier alpha value is -0.940. The van der Waals surface area contributed by atoms with Gasteiger partial charge in [0.2, 0.25) is 0 Å². The Balaban J connectivity index is 1.97. The van der Waals surface area contributed by atoms with Crippen LogP contribution in [0.1, 0.15) is 36.2 Å². The number of likely N-dealkylation sites (N-methyl/N-ethyl adjacent to an activating group) is 1. The highest BCUT2D eigenvalue weighted by Crippen LogP contribution is 2.30. The van der Waals surface area contributed by atoms with E-state index in [1.165, 1.54) is 11.3 Å². The molecule has 0 aromatic carbocycles. The summed E-state index contributed by atoms with van der Waals surface area (Å²) in [5, 5.41) is 11.9. The number of nitrogens with zero attached hydrogens (tertiary/aromatic N) is 2. The zero-order valence-corrected chi connectivity index (χ0v) is 10.2. The Morgan fingerprint density at radius 1 is 1.62 bits per heavy atom. The predicted octanol–water partition coefficient (Wildman–Crippen LogP) is 1.52. The predicted molar refractivity (Wildman–Crippen MR) is 62.5 cm³/mol. The van der Waals surface area contributed by atoms with E-state index in [9.17, 15) is 9.90 Å². The topological polar surface area (TPSA) is 53.4 Å². The molecule has 16 heavy (non-hydrogen) atoms. The van der Waals surface area contributed by atoms with Crippen molar-refractivity contribution >= 4 is 17.2 Å². The zero-order chi connectivity index (χ0) is 11.6. The smallest absolute Gasteiger partial charge is 0.273 e. The molecule has 1 fully saturated rings. The summed E-state index contributed by atoms with van der Waals surface area (Å²) in [7, 11) is 1.72. The molecule has 1 N–H and O–H groups in total. The van der Waals surface area contributed by atoms with Crippen LogP contribution in [0.25, 0.3) is 0 Å².